The lowest BCUT2D eigenvalue weighted by molar-refractivity contribution is -0.120. The molecule has 104 valence electrons. The fourth-order valence-corrected chi connectivity index (χ4v) is 1.30. The Morgan fingerprint density at radius 1 is 1.16 bits per heavy atom. The van der Waals surface area contributed by atoms with Crippen molar-refractivity contribution in [3.63, 3.8) is 0 Å². The summed E-state index contributed by atoms with van der Waals surface area (Å²) in [5, 5.41) is 13.4. The van der Waals surface area contributed by atoms with Gasteiger partial charge in [0.2, 0.25) is 5.91 Å². The van der Waals surface area contributed by atoms with E-state index in [1.807, 2.05) is 30.3 Å². The van der Waals surface area contributed by atoms with Crippen LogP contribution in [0.1, 0.15) is 12.0 Å². The molecule has 0 radical (unpaired) electrons. The van der Waals surface area contributed by atoms with Crippen molar-refractivity contribution in [1.82, 2.24) is 10.6 Å². The minimum absolute atomic E-state index is 0.0207. The molecule has 0 spiro atoms. The number of ether oxygens (including phenoxy) is 1. The normalized spacial score (nSPS) is 9.74. The van der Waals surface area contributed by atoms with Crippen LogP contribution in [0.4, 0.5) is 4.79 Å². The molecule has 1 rings (SSSR count). The van der Waals surface area contributed by atoms with E-state index in [4.69, 9.17) is 9.84 Å². The van der Waals surface area contributed by atoms with Crippen LogP contribution in [0.3, 0.4) is 0 Å². The minimum Gasteiger partial charge on any atom is -0.445 e. The summed E-state index contributed by atoms with van der Waals surface area (Å²) in [6, 6.07) is 9.26. The molecule has 0 bridgehead atoms. The molecule has 6 heteroatoms. The van der Waals surface area contributed by atoms with Crippen molar-refractivity contribution in [2.75, 3.05) is 19.7 Å². The fraction of sp³-hybridized carbons (Fsp3) is 0.385. The van der Waals surface area contributed by atoms with Crippen LogP contribution >= 0.6 is 0 Å². The van der Waals surface area contributed by atoms with Gasteiger partial charge in [0.1, 0.15) is 6.61 Å². The number of carbonyl (C=O) groups excluding carboxylic acids is 2. The Balaban J connectivity index is 2.12. The molecule has 2 amide bonds. The largest absolute Gasteiger partial charge is 0.445 e. The number of rotatable bonds is 7. The average molecular weight is 266 g/mol. The third-order valence-electron chi connectivity index (χ3n) is 2.26. The molecule has 0 saturated heterocycles. The van der Waals surface area contributed by atoms with Gasteiger partial charge in [0.05, 0.1) is 6.54 Å². The molecule has 6 nitrogen and oxygen atoms in total. The van der Waals surface area contributed by atoms with Crippen LogP contribution in [-0.4, -0.2) is 36.8 Å². The summed E-state index contributed by atoms with van der Waals surface area (Å²) in [5.41, 5.74) is 0.880. The van der Waals surface area contributed by atoms with E-state index in [1.165, 1.54) is 0 Å². The maximum absolute atomic E-state index is 11.3. The van der Waals surface area contributed by atoms with Crippen molar-refractivity contribution in [3.05, 3.63) is 35.9 Å². The summed E-state index contributed by atoms with van der Waals surface area (Å²) < 4.78 is 4.93. The number of carbonyl (C=O) groups is 2. The predicted molar refractivity (Wildman–Crippen MR) is 69.3 cm³/mol. The molecule has 0 aliphatic heterocycles. The molecule has 0 aliphatic carbocycles. The number of nitrogens with one attached hydrogen (secondary N) is 2. The minimum atomic E-state index is -0.638. The molecule has 0 aliphatic rings. The van der Waals surface area contributed by atoms with Crippen LogP contribution in [0.15, 0.2) is 30.3 Å². The Morgan fingerprint density at radius 3 is 2.58 bits per heavy atom. The van der Waals surface area contributed by atoms with Crippen LogP contribution in [0.2, 0.25) is 0 Å². The molecule has 0 heterocycles. The summed E-state index contributed by atoms with van der Waals surface area (Å²) in [4.78, 5) is 22.5. The lowest BCUT2D eigenvalue weighted by atomic mass is 10.2. The number of aliphatic hydroxyl groups excluding tert-OH is 1. The van der Waals surface area contributed by atoms with Gasteiger partial charge < -0.3 is 20.5 Å². The first-order valence-electron chi connectivity index (χ1n) is 6.04. The monoisotopic (exact) mass is 266 g/mol. The Hall–Kier alpha value is -2.08. The van der Waals surface area contributed by atoms with Gasteiger partial charge in [0.25, 0.3) is 0 Å². The molecule has 1 aromatic rings. The quantitative estimate of drug-likeness (QED) is 0.624. The lowest BCUT2D eigenvalue weighted by Gasteiger charge is -2.07. The molecule has 0 atom stereocenters. The molecular weight excluding hydrogens is 248 g/mol. The second-order valence-corrected chi connectivity index (χ2v) is 3.84. The van der Waals surface area contributed by atoms with Crippen molar-refractivity contribution < 1.29 is 19.4 Å². The highest BCUT2D eigenvalue weighted by molar-refractivity contribution is 5.82. The first-order valence-corrected chi connectivity index (χ1v) is 6.04. The van der Waals surface area contributed by atoms with E-state index in [9.17, 15) is 9.59 Å². The van der Waals surface area contributed by atoms with Crippen LogP contribution in [-0.2, 0) is 16.1 Å². The van der Waals surface area contributed by atoms with Gasteiger partial charge in [-0.15, -0.1) is 0 Å². The highest BCUT2D eigenvalue weighted by atomic mass is 16.5. The highest BCUT2D eigenvalue weighted by Gasteiger charge is 2.05. The van der Waals surface area contributed by atoms with E-state index < -0.39 is 6.09 Å². The Bertz CT molecular complexity index is 395. The molecule has 0 unspecified atom stereocenters. The zero-order valence-corrected chi connectivity index (χ0v) is 10.6. The van der Waals surface area contributed by atoms with Gasteiger partial charge in [-0.2, -0.15) is 0 Å². The van der Waals surface area contributed by atoms with Crippen molar-refractivity contribution in [2.24, 2.45) is 0 Å². The summed E-state index contributed by atoms with van der Waals surface area (Å²) in [6.07, 6.45) is -0.148. The van der Waals surface area contributed by atoms with Gasteiger partial charge >= 0.3 is 6.09 Å². The lowest BCUT2D eigenvalue weighted by Crippen LogP contribution is -2.37. The Kier molecular flexibility index (Phi) is 7.04. The van der Waals surface area contributed by atoms with E-state index >= 15 is 0 Å². The first kappa shape index (κ1) is 15.0. The van der Waals surface area contributed by atoms with Crippen LogP contribution in [0.5, 0.6) is 0 Å². The van der Waals surface area contributed by atoms with Crippen molar-refractivity contribution in [2.45, 2.75) is 13.0 Å². The molecular formula is C13H18N2O4. The van der Waals surface area contributed by atoms with E-state index in [1.54, 1.807) is 0 Å². The summed E-state index contributed by atoms with van der Waals surface area (Å²) in [5.74, 6) is -0.315. The third kappa shape index (κ3) is 7.05. The standard InChI is InChI=1S/C13H18N2O4/c16-8-4-7-14-12(17)9-15-13(18)19-10-11-5-2-1-3-6-11/h1-3,5-6,16H,4,7-10H2,(H,14,17)(H,15,18). The van der Waals surface area contributed by atoms with Gasteiger partial charge in [0, 0.05) is 13.2 Å². The van der Waals surface area contributed by atoms with Gasteiger partial charge in [-0.25, -0.2) is 4.79 Å². The first-order chi connectivity index (χ1) is 9.22. The predicted octanol–water partition coefficient (Wildman–Crippen LogP) is 0.411. The SMILES string of the molecule is O=C(CNC(=O)OCc1ccccc1)NCCCO. The number of hydrogen-bond donors (Lipinski definition) is 3. The van der Waals surface area contributed by atoms with Gasteiger partial charge in [-0.1, -0.05) is 30.3 Å². The second kappa shape index (κ2) is 8.93. The number of aliphatic hydroxyl groups is 1. The summed E-state index contributed by atoms with van der Waals surface area (Å²) in [7, 11) is 0. The van der Waals surface area contributed by atoms with Crippen LogP contribution < -0.4 is 10.6 Å². The molecule has 1 aromatic carbocycles. The maximum Gasteiger partial charge on any atom is 0.407 e. The molecule has 19 heavy (non-hydrogen) atoms. The van der Waals surface area contributed by atoms with Gasteiger partial charge in [-0.3, -0.25) is 4.79 Å². The van der Waals surface area contributed by atoms with Gasteiger partial charge in [0.15, 0.2) is 0 Å². The maximum atomic E-state index is 11.3. The Labute approximate surface area is 111 Å². The number of amides is 2. The van der Waals surface area contributed by atoms with Crippen LogP contribution in [0.25, 0.3) is 0 Å². The van der Waals surface area contributed by atoms with E-state index in [2.05, 4.69) is 10.6 Å². The molecule has 0 fully saturated rings. The number of alkyl carbamates (subject to hydrolysis) is 1. The van der Waals surface area contributed by atoms with Crippen molar-refractivity contribution in [3.8, 4) is 0 Å². The van der Waals surface area contributed by atoms with Crippen LogP contribution in [0, 0.1) is 0 Å². The molecule has 0 saturated carbocycles. The second-order valence-electron chi connectivity index (χ2n) is 3.84. The highest BCUT2D eigenvalue weighted by Crippen LogP contribution is 2.00. The fourth-order valence-electron chi connectivity index (χ4n) is 1.30. The van der Waals surface area contributed by atoms with Gasteiger partial charge in [-0.05, 0) is 12.0 Å². The summed E-state index contributed by atoms with van der Waals surface area (Å²) in [6.45, 7) is 0.431. The zero-order chi connectivity index (χ0) is 13.9. The molecule has 0 aromatic heterocycles. The van der Waals surface area contributed by atoms with E-state index in [0.29, 0.717) is 13.0 Å². The Morgan fingerprint density at radius 2 is 1.89 bits per heavy atom. The van der Waals surface area contributed by atoms with Crippen molar-refractivity contribution >= 4 is 12.0 Å². The third-order valence-corrected chi connectivity index (χ3v) is 2.26. The average Bonchev–Trinajstić information content (AvgIpc) is 2.44. The zero-order valence-electron chi connectivity index (χ0n) is 10.6. The summed E-state index contributed by atoms with van der Waals surface area (Å²) >= 11 is 0. The van der Waals surface area contributed by atoms with Crippen molar-refractivity contribution in [1.29, 1.82) is 0 Å². The molecule has 3 N–H and O–H groups in total. The number of benzene rings is 1. The topological polar surface area (TPSA) is 87.7 Å². The van der Waals surface area contributed by atoms with E-state index in [-0.39, 0.29) is 25.7 Å². The number of hydrogen-bond acceptors (Lipinski definition) is 4. The smallest absolute Gasteiger partial charge is 0.407 e. The van der Waals surface area contributed by atoms with E-state index in [0.717, 1.165) is 5.56 Å².